The number of nitrogens with zero attached hydrogens (tertiary/aromatic N) is 3. The van der Waals surface area contributed by atoms with Crippen LogP contribution < -0.4 is 5.32 Å². The van der Waals surface area contributed by atoms with Crippen LogP contribution in [-0.4, -0.2) is 39.3 Å². The van der Waals surface area contributed by atoms with Crippen molar-refractivity contribution >= 4 is 10.9 Å². The number of aryl methyl sites for hydroxylation is 1. The summed E-state index contributed by atoms with van der Waals surface area (Å²) in [6.07, 6.45) is 4.08. The van der Waals surface area contributed by atoms with Crippen molar-refractivity contribution in [2.75, 3.05) is 13.2 Å². The highest BCUT2D eigenvalue weighted by Crippen LogP contribution is 2.33. The normalized spacial score (nSPS) is 18.7. The summed E-state index contributed by atoms with van der Waals surface area (Å²) in [5.74, 6) is 1.64. The van der Waals surface area contributed by atoms with E-state index in [0.717, 1.165) is 72.8 Å². The van der Waals surface area contributed by atoms with Crippen LogP contribution in [0.4, 0.5) is 0 Å². The van der Waals surface area contributed by atoms with Crippen LogP contribution in [0.15, 0.2) is 42.9 Å². The van der Waals surface area contributed by atoms with Crippen molar-refractivity contribution in [2.45, 2.75) is 45.8 Å². The Morgan fingerprint density at radius 3 is 2.83 bits per heavy atom. The fraction of sp³-hybridized carbons (Fsp3) is 0.417. The number of fused-ring (bicyclic) bond motifs is 2. The average Bonchev–Trinajstić information content (AvgIpc) is 3.10. The molecule has 3 aromatic rings. The van der Waals surface area contributed by atoms with Crippen molar-refractivity contribution in [1.29, 1.82) is 0 Å². The molecule has 1 aromatic carbocycles. The number of hydrogen-bond acceptors (Lipinski definition) is 5. The van der Waals surface area contributed by atoms with Gasteiger partial charge in [0.05, 0.1) is 11.3 Å². The zero-order valence-electron chi connectivity index (χ0n) is 17.7. The van der Waals surface area contributed by atoms with Gasteiger partial charge in [-0.2, -0.15) is 5.10 Å². The van der Waals surface area contributed by atoms with E-state index in [9.17, 15) is 0 Å². The van der Waals surface area contributed by atoms with E-state index in [-0.39, 0.29) is 0 Å². The van der Waals surface area contributed by atoms with Gasteiger partial charge in [0.1, 0.15) is 5.69 Å². The van der Waals surface area contributed by atoms with E-state index in [2.05, 4.69) is 57.1 Å². The fourth-order valence-corrected chi connectivity index (χ4v) is 4.80. The SMILES string of the molecule is C=C1NCc2cc3[nH]nc(-c4ccnc(C)c4)c3cc2CN1C(C)C1CCOCC1. The molecule has 6 nitrogen and oxygen atoms in total. The Labute approximate surface area is 177 Å². The van der Waals surface area contributed by atoms with Gasteiger partial charge in [0.15, 0.2) is 0 Å². The summed E-state index contributed by atoms with van der Waals surface area (Å²) in [7, 11) is 0. The second kappa shape index (κ2) is 7.76. The van der Waals surface area contributed by atoms with Crippen molar-refractivity contribution in [3.8, 4) is 11.3 Å². The standard InChI is InChI=1S/C24H29N5O/c1-15-10-19(4-7-25-15)24-22-11-21-14-29(16(2)18-5-8-30-9-6-18)17(3)26-13-20(21)12-23(22)27-28-24/h4,7,10-12,16,18,26H,3,5-6,8-9,13-14H2,1-2H3,(H,27,28). The van der Waals surface area contributed by atoms with E-state index in [1.165, 1.54) is 11.1 Å². The molecule has 0 saturated carbocycles. The van der Waals surface area contributed by atoms with E-state index in [4.69, 9.17) is 4.74 Å². The number of nitrogens with one attached hydrogen (secondary N) is 2. The van der Waals surface area contributed by atoms with Crippen molar-refractivity contribution in [3.05, 3.63) is 59.7 Å². The average molecular weight is 404 g/mol. The van der Waals surface area contributed by atoms with Gasteiger partial charge in [0, 0.05) is 55.2 Å². The zero-order valence-corrected chi connectivity index (χ0v) is 17.7. The van der Waals surface area contributed by atoms with Crippen LogP contribution in [-0.2, 0) is 17.8 Å². The third-order valence-electron chi connectivity index (χ3n) is 6.66. The molecule has 0 bridgehead atoms. The van der Waals surface area contributed by atoms with Gasteiger partial charge in [-0.15, -0.1) is 0 Å². The highest BCUT2D eigenvalue weighted by Gasteiger charge is 2.28. The van der Waals surface area contributed by atoms with Gasteiger partial charge in [-0.25, -0.2) is 0 Å². The lowest BCUT2D eigenvalue weighted by atomic mass is 9.91. The van der Waals surface area contributed by atoms with Gasteiger partial charge in [-0.1, -0.05) is 6.58 Å². The van der Waals surface area contributed by atoms with Gasteiger partial charge >= 0.3 is 0 Å². The number of hydrogen-bond donors (Lipinski definition) is 2. The van der Waals surface area contributed by atoms with E-state index in [1.807, 2.05) is 19.2 Å². The first kappa shape index (κ1) is 19.1. The summed E-state index contributed by atoms with van der Waals surface area (Å²) in [6.45, 7) is 12.1. The molecular formula is C24H29N5O. The summed E-state index contributed by atoms with van der Waals surface area (Å²) in [4.78, 5) is 6.76. The van der Waals surface area contributed by atoms with E-state index in [1.54, 1.807) is 0 Å². The minimum Gasteiger partial charge on any atom is -0.381 e. The molecule has 2 aliphatic rings. The first-order valence-corrected chi connectivity index (χ1v) is 10.8. The Morgan fingerprint density at radius 2 is 2.03 bits per heavy atom. The molecule has 1 atom stereocenters. The molecule has 2 aliphatic heterocycles. The summed E-state index contributed by atoms with van der Waals surface area (Å²) < 4.78 is 5.58. The minimum absolute atomic E-state index is 0.419. The molecule has 0 amide bonds. The lowest BCUT2D eigenvalue weighted by molar-refractivity contribution is 0.0352. The molecular weight excluding hydrogens is 374 g/mol. The van der Waals surface area contributed by atoms with Crippen molar-refractivity contribution in [2.24, 2.45) is 5.92 Å². The van der Waals surface area contributed by atoms with E-state index < -0.39 is 0 Å². The monoisotopic (exact) mass is 403 g/mol. The number of ether oxygens (including phenoxy) is 1. The molecule has 1 fully saturated rings. The van der Waals surface area contributed by atoms with Gasteiger partial charge < -0.3 is 15.0 Å². The third kappa shape index (κ3) is 3.45. The maximum atomic E-state index is 5.58. The lowest BCUT2D eigenvalue weighted by Crippen LogP contribution is -2.41. The number of benzene rings is 1. The topological polar surface area (TPSA) is 66.1 Å². The molecule has 156 valence electrons. The van der Waals surface area contributed by atoms with Gasteiger partial charge in [0.2, 0.25) is 0 Å². The Morgan fingerprint density at radius 1 is 1.20 bits per heavy atom. The third-order valence-corrected chi connectivity index (χ3v) is 6.66. The quantitative estimate of drug-likeness (QED) is 0.689. The van der Waals surface area contributed by atoms with Crippen LogP contribution in [0.25, 0.3) is 22.2 Å². The molecule has 1 saturated heterocycles. The molecule has 0 spiro atoms. The molecule has 2 N–H and O–H groups in total. The molecule has 2 aromatic heterocycles. The fourth-order valence-electron chi connectivity index (χ4n) is 4.80. The Kier molecular flexibility index (Phi) is 4.95. The van der Waals surface area contributed by atoms with Gasteiger partial charge in [0.25, 0.3) is 0 Å². The molecule has 4 heterocycles. The van der Waals surface area contributed by atoms with Crippen LogP contribution in [0.5, 0.6) is 0 Å². The Balaban J connectivity index is 1.51. The van der Waals surface area contributed by atoms with Crippen molar-refractivity contribution in [1.82, 2.24) is 25.4 Å². The molecule has 0 aliphatic carbocycles. The lowest BCUT2D eigenvalue weighted by Gasteiger charge is -2.38. The van der Waals surface area contributed by atoms with Crippen LogP contribution in [0.3, 0.4) is 0 Å². The highest BCUT2D eigenvalue weighted by atomic mass is 16.5. The second-order valence-electron chi connectivity index (χ2n) is 8.54. The first-order chi connectivity index (χ1) is 14.6. The van der Waals surface area contributed by atoms with E-state index >= 15 is 0 Å². The summed E-state index contributed by atoms with van der Waals surface area (Å²) in [5.41, 5.74) is 6.77. The Hall–Kier alpha value is -2.86. The second-order valence-corrected chi connectivity index (χ2v) is 8.54. The van der Waals surface area contributed by atoms with Gasteiger partial charge in [-0.3, -0.25) is 10.1 Å². The molecule has 6 heteroatoms. The number of aromatic amines is 1. The first-order valence-electron chi connectivity index (χ1n) is 10.8. The minimum atomic E-state index is 0.419. The number of rotatable bonds is 3. The predicted octanol–water partition coefficient (Wildman–Crippen LogP) is 4.12. The summed E-state index contributed by atoms with van der Waals surface area (Å²) in [6, 6.07) is 9.07. The van der Waals surface area contributed by atoms with Gasteiger partial charge in [-0.05, 0) is 68.0 Å². The van der Waals surface area contributed by atoms with Crippen molar-refractivity contribution in [3.63, 3.8) is 0 Å². The predicted molar refractivity (Wildman–Crippen MR) is 119 cm³/mol. The smallest absolute Gasteiger partial charge is 0.100 e. The van der Waals surface area contributed by atoms with E-state index in [0.29, 0.717) is 12.0 Å². The zero-order chi connectivity index (χ0) is 20.7. The van der Waals surface area contributed by atoms with Crippen LogP contribution >= 0.6 is 0 Å². The van der Waals surface area contributed by atoms with Crippen LogP contribution in [0.1, 0.15) is 36.6 Å². The maximum Gasteiger partial charge on any atom is 0.100 e. The van der Waals surface area contributed by atoms with Crippen LogP contribution in [0, 0.1) is 12.8 Å². The Bertz CT molecular complexity index is 1080. The van der Waals surface area contributed by atoms with Crippen molar-refractivity contribution < 1.29 is 4.74 Å². The molecule has 5 rings (SSSR count). The highest BCUT2D eigenvalue weighted by molar-refractivity contribution is 5.93. The molecule has 1 unspecified atom stereocenters. The van der Waals surface area contributed by atoms with Crippen LogP contribution in [0.2, 0.25) is 0 Å². The maximum absolute atomic E-state index is 5.58. The molecule has 0 radical (unpaired) electrons. The number of H-pyrrole nitrogens is 1. The largest absolute Gasteiger partial charge is 0.381 e. The number of aromatic nitrogens is 3. The summed E-state index contributed by atoms with van der Waals surface area (Å²) >= 11 is 0. The summed E-state index contributed by atoms with van der Waals surface area (Å²) in [5, 5.41) is 12.5. The molecule has 30 heavy (non-hydrogen) atoms. The number of pyridine rings is 1.